The van der Waals surface area contributed by atoms with Crippen molar-refractivity contribution in [2.75, 3.05) is 0 Å². The second-order valence-electron chi connectivity index (χ2n) is 7.43. The Morgan fingerprint density at radius 2 is 2.18 bits per heavy atom. The first-order chi connectivity index (χ1) is 10.2. The Morgan fingerprint density at radius 3 is 2.82 bits per heavy atom. The fourth-order valence-corrected chi connectivity index (χ4v) is 5.24. The van der Waals surface area contributed by atoms with E-state index in [0.29, 0.717) is 29.4 Å². The van der Waals surface area contributed by atoms with Gasteiger partial charge in [-0.25, -0.2) is 4.79 Å². The van der Waals surface area contributed by atoms with Crippen LogP contribution in [-0.2, 0) is 19.1 Å². The number of ether oxygens (including phenoxy) is 2. The lowest BCUT2D eigenvalue weighted by atomic mass is 9.60. The summed E-state index contributed by atoms with van der Waals surface area (Å²) in [5, 5.41) is 10.9. The van der Waals surface area contributed by atoms with Gasteiger partial charge in [0.2, 0.25) is 5.79 Å². The van der Waals surface area contributed by atoms with Crippen LogP contribution in [0.1, 0.15) is 33.6 Å². The molecule has 0 unspecified atom stereocenters. The molecule has 1 aliphatic heterocycles. The summed E-state index contributed by atoms with van der Waals surface area (Å²) in [7, 11) is 0. The monoisotopic (exact) mass is 304 g/mol. The molecule has 5 nitrogen and oxygen atoms in total. The van der Waals surface area contributed by atoms with Crippen molar-refractivity contribution >= 4 is 11.9 Å². The van der Waals surface area contributed by atoms with Crippen molar-refractivity contribution in [1.82, 2.24) is 0 Å². The van der Waals surface area contributed by atoms with Gasteiger partial charge in [-0.3, -0.25) is 4.79 Å². The van der Waals surface area contributed by atoms with Gasteiger partial charge in [-0.05, 0) is 30.6 Å². The van der Waals surface area contributed by atoms with Gasteiger partial charge in [-0.2, -0.15) is 0 Å². The molecule has 3 aliphatic carbocycles. The number of aliphatic hydroxyl groups is 1. The molecule has 0 aromatic heterocycles. The Kier molecular flexibility index (Phi) is 2.43. The van der Waals surface area contributed by atoms with Crippen LogP contribution < -0.4 is 0 Å². The third kappa shape index (κ3) is 1.47. The Balaban J connectivity index is 1.88. The van der Waals surface area contributed by atoms with Gasteiger partial charge in [0, 0.05) is 24.8 Å². The molecule has 0 aromatic carbocycles. The Labute approximate surface area is 129 Å². The molecular weight excluding hydrogens is 284 g/mol. The van der Waals surface area contributed by atoms with E-state index in [9.17, 15) is 14.7 Å². The smallest absolute Gasteiger partial charge is 0.336 e. The summed E-state index contributed by atoms with van der Waals surface area (Å²) in [5.74, 6) is -1.80. The molecule has 4 rings (SSSR count). The van der Waals surface area contributed by atoms with E-state index in [1.54, 1.807) is 6.92 Å². The van der Waals surface area contributed by atoms with Crippen molar-refractivity contribution in [1.29, 1.82) is 0 Å². The van der Waals surface area contributed by atoms with E-state index in [0.717, 1.165) is 12.0 Å². The largest absolute Gasteiger partial charge is 0.457 e. The number of esters is 2. The Bertz CT molecular complexity index is 662. The first kappa shape index (κ1) is 14.0. The maximum absolute atomic E-state index is 12.0. The highest BCUT2D eigenvalue weighted by molar-refractivity contribution is 5.92. The van der Waals surface area contributed by atoms with Gasteiger partial charge < -0.3 is 14.6 Å². The highest BCUT2D eigenvalue weighted by Crippen LogP contribution is 2.73. The van der Waals surface area contributed by atoms with E-state index in [1.165, 1.54) is 6.92 Å². The van der Waals surface area contributed by atoms with Gasteiger partial charge in [0.25, 0.3) is 0 Å². The fourth-order valence-electron chi connectivity index (χ4n) is 5.24. The molecule has 0 amide bonds. The Morgan fingerprint density at radius 1 is 1.50 bits per heavy atom. The summed E-state index contributed by atoms with van der Waals surface area (Å²) in [6, 6.07) is 0. The van der Waals surface area contributed by atoms with Crippen LogP contribution >= 0.6 is 0 Å². The molecular formula is C17H20O5. The average molecular weight is 304 g/mol. The van der Waals surface area contributed by atoms with Crippen LogP contribution in [0.3, 0.4) is 0 Å². The lowest BCUT2D eigenvalue weighted by molar-refractivity contribution is -0.214. The van der Waals surface area contributed by atoms with Gasteiger partial charge >= 0.3 is 11.9 Å². The summed E-state index contributed by atoms with van der Waals surface area (Å²) >= 11 is 0. The minimum Gasteiger partial charge on any atom is -0.457 e. The lowest BCUT2D eigenvalue weighted by Gasteiger charge is -2.49. The third-order valence-corrected chi connectivity index (χ3v) is 6.12. The van der Waals surface area contributed by atoms with Crippen molar-refractivity contribution < 1.29 is 24.2 Å². The maximum Gasteiger partial charge on any atom is 0.336 e. The zero-order chi connectivity index (χ0) is 16.0. The number of carbonyl (C=O) groups is 2. The quantitative estimate of drug-likeness (QED) is 0.590. The summed E-state index contributed by atoms with van der Waals surface area (Å²) in [6.45, 7) is 9.28. The second kappa shape index (κ2) is 3.82. The van der Waals surface area contributed by atoms with Crippen molar-refractivity contribution in [2.45, 2.75) is 45.5 Å². The van der Waals surface area contributed by atoms with Gasteiger partial charge in [-0.15, -0.1) is 0 Å². The maximum atomic E-state index is 12.0. The molecule has 5 heteroatoms. The topological polar surface area (TPSA) is 72.8 Å². The van der Waals surface area contributed by atoms with E-state index >= 15 is 0 Å². The number of rotatable bonds is 1. The molecule has 0 spiro atoms. The minimum absolute atomic E-state index is 0.0557. The first-order valence-corrected chi connectivity index (χ1v) is 7.72. The van der Waals surface area contributed by atoms with Crippen LogP contribution in [0.25, 0.3) is 0 Å². The van der Waals surface area contributed by atoms with Crippen molar-refractivity contribution in [2.24, 2.45) is 23.2 Å². The normalized spacial score (nSPS) is 48.5. The molecule has 3 saturated carbocycles. The highest BCUT2D eigenvalue weighted by atomic mass is 16.7. The zero-order valence-electron chi connectivity index (χ0n) is 13.0. The van der Waals surface area contributed by atoms with Crippen LogP contribution in [0.2, 0.25) is 0 Å². The standard InChI is InChI=1S/C17H20O5/c1-7-10-5-11(10)16(4)6-17(20)13(8(2)15(19)22-17)14(12(7)16)21-9(3)18/h10-12,14,20H,1,5-6H2,2-4H3/t10-,11-,12-,14-,16+,17-/m1/s1. The van der Waals surface area contributed by atoms with Gasteiger partial charge in [0.15, 0.2) is 0 Å². The van der Waals surface area contributed by atoms with E-state index in [4.69, 9.17) is 9.47 Å². The Hall–Kier alpha value is -1.62. The third-order valence-electron chi connectivity index (χ3n) is 6.12. The zero-order valence-corrected chi connectivity index (χ0v) is 13.0. The van der Waals surface area contributed by atoms with Gasteiger partial charge in [0.1, 0.15) is 6.10 Å². The van der Waals surface area contributed by atoms with Crippen LogP contribution in [0.5, 0.6) is 0 Å². The summed E-state index contributed by atoms with van der Waals surface area (Å²) in [4.78, 5) is 23.6. The number of hydrogen-bond acceptors (Lipinski definition) is 5. The predicted octanol–water partition coefficient (Wildman–Crippen LogP) is 1.71. The molecule has 6 atom stereocenters. The fraction of sp³-hybridized carbons (Fsp3) is 0.647. The summed E-state index contributed by atoms with van der Waals surface area (Å²) in [5.41, 5.74) is 1.59. The van der Waals surface area contributed by atoms with Crippen molar-refractivity contribution in [3.8, 4) is 0 Å². The second-order valence-corrected chi connectivity index (χ2v) is 7.43. The van der Waals surface area contributed by atoms with Crippen LogP contribution in [0.4, 0.5) is 0 Å². The summed E-state index contributed by atoms with van der Waals surface area (Å²) < 4.78 is 10.8. The van der Waals surface area contributed by atoms with E-state index in [2.05, 4.69) is 13.5 Å². The van der Waals surface area contributed by atoms with Crippen LogP contribution in [-0.4, -0.2) is 28.9 Å². The van der Waals surface area contributed by atoms with Gasteiger partial charge in [-0.1, -0.05) is 19.1 Å². The van der Waals surface area contributed by atoms with Crippen LogP contribution in [0, 0.1) is 23.2 Å². The number of carbonyl (C=O) groups excluding carboxylic acids is 2. The van der Waals surface area contributed by atoms with E-state index in [1.807, 2.05) is 0 Å². The van der Waals surface area contributed by atoms with E-state index < -0.39 is 23.8 Å². The average Bonchev–Trinajstić information content (AvgIpc) is 3.08. The number of hydrogen-bond donors (Lipinski definition) is 1. The molecule has 4 aliphatic rings. The molecule has 0 bridgehead atoms. The highest BCUT2D eigenvalue weighted by Gasteiger charge is 2.72. The van der Waals surface area contributed by atoms with Crippen LogP contribution in [0.15, 0.2) is 23.3 Å². The van der Waals surface area contributed by atoms with Gasteiger partial charge in [0.05, 0.1) is 5.57 Å². The van der Waals surface area contributed by atoms with Crippen molar-refractivity contribution in [3.63, 3.8) is 0 Å². The molecule has 118 valence electrons. The molecule has 0 aromatic rings. The SMILES string of the molecule is C=C1[C@H]2C[C@H]2[C@]2(C)C[C@@]3(O)OC(=O)C(C)=C3[C@H](OC(C)=O)[C@@H]12. The molecule has 0 saturated heterocycles. The molecule has 3 fully saturated rings. The molecule has 22 heavy (non-hydrogen) atoms. The lowest BCUT2D eigenvalue weighted by Crippen LogP contribution is -2.54. The first-order valence-electron chi connectivity index (χ1n) is 7.72. The summed E-state index contributed by atoms with van der Waals surface area (Å²) in [6.07, 6.45) is 0.745. The number of fused-ring (bicyclic) bond motifs is 4. The minimum atomic E-state index is -1.65. The molecule has 0 radical (unpaired) electrons. The van der Waals surface area contributed by atoms with E-state index in [-0.39, 0.29) is 11.3 Å². The van der Waals surface area contributed by atoms with Crippen molar-refractivity contribution in [3.05, 3.63) is 23.3 Å². The molecule has 1 N–H and O–H groups in total. The molecule has 1 heterocycles. The predicted molar refractivity (Wildman–Crippen MR) is 76.2 cm³/mol.